The van der Waals surface area contributed by atoms with E-state index in [1.54, 1.807) is 14.2 Å². The van der Waals surface area contributed by atoms with Crippen molar-refractivity contribution >= 4 is 17.3 Å². The molecule has 7 nitrogen and oxygen atoms in total. The number of aryl methyl sites for hydroxylation is 1. The van der Waals surface area contributed by atoms with Crippen LogP contribution in [0, 0.1) is 6.92 Å². The predicted octanol–water partition coefficient (Wildman–Crippen LogP) is 1.89. The van der Waals surface area contributed by atoms with Gasteiger partial charge in [0.05, 0.1) is 34.5 Å². The number of ether oxygens (including phenoxy) is 3. The molecule has 2 N–H and O–H groups in total. The number of nitrogens with one attached hydrogen (secondary N) is 2. The Balaban J connectivity index is 1.60. The first-order chi connectivity index (χ1) is 14.9. The highest BCUT2D eigenvalue weighted by molar-refractivity contribution is 5.93. The lowest BCUT2D eigenvalue weighted by Crippen LogP contribution is -3.12. The number of carbonyl (C=O) groups is 1. The van der Waals surface area contributed by atoms with Crippen molar-refractivity contribution in [2.45, 2.75) is 26.4 Å². The van der Waals surface area contributed by atoms with Crippen LogP contribution in [0.5, 0.6) is 11.5 Å². The standard InChI is InChI=1S/C24H33N3O4/c1-17-14-22(29-4)23(30-5)15-19(17)16-26(3)18(2)24(28)25-20-6-8-21(9-7-20)27-10-12-31-13-11-27/h6-9,14-15,18H,10-13,16H2,1-5H3,(H,25,28)/p+1/t18-/m1/s1. The fourth-order valence-corrected chi connectivity index (χ4v) is 3.72. The molecule has 1 unspecified atom stereocenters. The van der Waals surface area contributed by atoms with Crippen LogP contribution in [0.2, 0.25) is 0 Å². The van der Waals surface area contributed by atoms with E-state index in [4.69, 9.17) is 14.2 Å². The van der Waals surface area contributed by atoms with E-state index in [1.165, 1.54) is 0 Å². The van der Waals surface area contributed by atoms with Crippen LogP contribution in [0.25, 0.3) is 0 Å². The minimum absolute atomic E-state index is 0.00486. The molecule has 0 radical (unpaired) electrons. The molecule has 7 heteroatoms. The average molecular weight is 429 g/mol. The van der Waals surface area contributed by atoms with Gasteiger partial charge in [-0.2, -0.15) is 0 Å². The summed E-state index contributed by atoms with van der Waals surface area (Å²) in [6, 6.07) is 11.8. The molecule has 0 bridgehead atoms. The number of anilines is 2. The summed E-state index contributed by atoms with van der Waals surface area (Å²) in [5.41, 5.74) is 4.21. The maximum Gasteiger partial charge on any atom is 0.282 e. The molecule has 1 saturated heterocycles. The molecule has 0 spiro atoms. The summed E-state index contributed by atoms with van der Waals surface area (Å²) in [6.07, 6.45) is 0. The number of benzene rings is 2. The maximum absolute atomic E-state index is 12.8. The highest BCUT2D eigenvalue weighted by atomic mass is 16.5. The SMILES string of the molecule is COc1cc(C)c(C[NH+](C)[C@H](C)C(=O)Nc2ccc(N3CCOCC3)cc2)cc1OC. The lowest BCUT2D eigenvalue weighted by Gasteiger charge is -2.29. The van der Waals surface area contributed by atoms with Crippen molar-refractivity contribution in [1.29, 1.82) is 0 Å². The second kappa shape index (κ2) is 10.5. The van der Waals surface area contributed by atoms with E-state index in [0.717, 1.165) is 53.7 Å². The number of carbonyl (C=O) groups excluding carboxylic acids is 1. The van der Waals surface area contributed by atoms with Crippen LogP contribution in [-0.2, 0) is 16.1 Å². The average Bonchev–Trinajstić information content (AvgIpc) is 2.80. The summed E-state index contributed by atoms with van der Waals surface area (Å²) in [7, 11) is 5.30. The van der Waals surface area contributed by atoms with Crippen LogP contribution in [0.15, 0.2) is 36.4 Å². The third-order valence-corrected chi connectivity index (χ3v) is 5.95. The van der Waals surface area contributed by atoms with Gasteiger partial charge in [0.25, 0.3) is 5.91 Å². The Morgan fingerprint density at radius 1 is 1.13 bits per heavy atom. The Hall–Kier alpha value is -2.77. The number of methoxy groups -OCH3 is 2. The Morgan fingerprint density at radius 3 is 2.35 bits per heavy atom. The fourth-order valence-electron chi connectivity index (χ4n) is 3.72. The molecular formula is C24H34N3O4+. The van der Waals surface area contributed by atoms with Gasteiger partial charge in [0.1, 0.15) is 6.54 Å². The number of rotatable bonds is 8. The highest BCUT2D eigenvalue weighted by Crippen LogP contribution is 2.30. The van der Waals surface area contributed by atoms with E-state index >= 15 is 0 Å². The van der Waals surface area contributed by atoms with Gasteiger partial charge in [0.2, 0.25) is 0 Å². The summed E-state index contributed by atoms with van der Waals surface area (Å²) in [5.74, 6) is 1.41. The van der Waals surface area contributed by atoms with Crippen LogP contribution in [0.1, 0.15) is 18.1 Å². The van der Waals surface area contributed by atoms with Crippen molar-refractivity contribution < 1.29 is 23.9 Å². The first-order valence-electron chi connectivity index (χ1n) is 10.7. The van der Waals surface area contributed by atoms with Crippen LogP contribution in [0.3, 0.4) is 0 Å². The van der Waals surface area contributed by atoms with E-state index in [0.29, 0.717) is 18.0 Å². The van der Waals surface area contributed by atoms with E-state index in [-0.39, 0.29) is 11.9 Å². The van der Waals surface area contributed by atoms with Crippen molar-refractivity contribution in [1.82, 2.24) is 0 Å². The Morgan fingerprint density at radius 2 is 1.74 bits per heavy atom. The molecule has 1 fully saturated rings. The quantitative estimate of drug-likeness (QED) is 0.672. The first-order valence-corrected chi connectivity index (χ1v) is 10.7. The number of likely N-dealkylation sites (N-methyl/N-ethyl adjacent to an activating group) is 1. The predicted molar refractivity (Wildman–Crippen MR) is 122 cm³/mol. The van der Waals surface area contributed by atoms with Gasteiger partial charge in [-0.05, 0) is 55.8 Å². The molecule has 168 valence electrons. The number of amides is 1. The molecule has 0 aliphatic carbocycles. The molecule has 2 aromatic carbocycles. The second-order valence-electron chi connectivity index (χ2n) is 8.01. The zero-order valence-corrected chi connectivity index (χ0v) is 19.2. The van der Waals surface area contributed by atoms with Gasteiger partial charge in [-0.3, -0.25) is 4.79 Å². The van der Waals surface area contributed by atoms with Crippen molar-refractivity contribution in [2.24, 2.45) is 0 Å². The Kier molecular flexibility index (Phi) is 7.76. The molecular weight excluding hydrogens is 394 g/mol. The van der Waals surface area contributed by atoms with Crippen LogP contribution in [0.4, 0.5) is 11.4 Å². The van der Waals surface area contributed by atoms with E-state index in [1.807, 2.05) is 45.2 Å². The monoisotopic (exact) mass is 428 g/mol. The lowest BCUT2D eigenvalue weighted by molar-refractivity contribution is -0.907. The maximum atomic E-state index is 12.8. The largest absolute Gasteiger partial charge is 0.493 e. The number of hydrogen-bond donors (Lipinski definition) is 2. The van der Waals surface area contributed by atoms with Crippen LogP contribution < -0.4 is 24.6 Å². The van der Waals surface area contributed by atoms with Gasteiger partial charge in [-0.1, -0.05) is 0 Å². The second-order valence-corrected chi connectivity index (χ2v) is 8.01. The Labute approximate surface area is 184 Å². The van der Waals surface area contributed by atoms with Crippen molar-refractivity contribution in [2.75, 3.05) is 57.8 Å². The van der Waals surface area contributed by atoms with E-state index in [2.05, 4.69) is 22.3 Å². The zero-order valence-electron chi connectivity index (χ0n) is 19.2. The summed E-state index contributed by atoms with van der Waals surface area (Å²) in [5, 5.41) is 3.05. The third kappa shape index (κ3) is 5.68. The molecule has 0 aromatic heterocycles. The van der Waals surface area contributed by atoms with E-state index < -0.39 is 0 Å². The van der Waals surface area contributed by atoms with Gasteiger partial charge >= 0.3 is 0 Å². The van der Waals surface area contributed by atoms with E-state index in [9.17, 15) is 4.79 Å². The van der Waals surface area contributed by atoms with Gasteiger partial charge in [0, 0.05) is 30.0 Å². The van der Waals surface area contributed by atoms with Crippen LogP contribution >= 0.6 is 0 Å². The fraction of sp³-hybridized carbons (Fsp3) is 0.458. The Bertz CT molecular complexity index is 879. The number of quaternary nitrogens is 1. The number of morpholine rings is 1. The van der Waals surface area contributed by atoms with Gasteiger partial charge in [-0.15, -0.1) is 0 Å². The molecule has 3 rings (SSSR count). The number of nitrogens with zero attached hydrogens (tertiary/aromatic N) is 1. The number of hydrogen-bond acceptors (Lipinski definition) is 5. The molecule has 2 aromatic rings. The molecule has 1 aliphatic rings. The van der Waals surface area contributed by atoms with Crippen molar-refractivity contribution in [3.8, 4) is 11.5 Å². The lowest BCUT2D eigenvalue weighted by atomic mass is 10.1. The molecule has 1 aliphatic heterocycles. The minimum Gasteiger partial charge on any atom is -0.493 e. The van der Waals surface area contributed by atoms with Gasteiger partial charge < -0.3 is 29.3 Å². The molecule has 2 atom stereocenters. The van der Waals surface area contributed by atoms with Crippen molar-refractivity contribution in [3.63, 3.8) is 0 Å². The summed E-state index contributed by atoms with van der Waals surface area (Å²) in [4.78, 5) is 16.2. The highest BCUT2D eigenvalue weighted by Gasteiger charge is 2.23. The summed E-state index contributed by atoms with van der Waals surface area (Å²) in [6.45, 7) is 8.00. The summed E-state index contributed by atoms with van der Waals surface area (Å²) >= 11 is 0. The zero-order chi connectivity index (χ0) is 22.4. The minimum atomic E-state index is -0.216. The van der Waals surface area contributed by atoms with Gasteiger partial charge in [-0.25, -0.2) is 0 Å². The molecule has 1 heterocycles. The van der Waals surface area contributed by atoms with Crippen LogP contribution in [-0.4, -0.2) is 59.5 Å². The van der Waals surface area contributed by atoms with Gasteiger partial charge in [0.15, 0.2) is 17.5 Å². The smallest absolute Gasteiger partial charge is 0.282 e. The molecule has 0 saturated carbocycles. The topological polar surface area (TPSA) is 64.5 Å². The van der Waals surface area contributed by atoms with Crippen molar-refractivity contribution in [3.05, 3.63) is 47.5 Å². The molecule has 1 amide bonds. The third-order valence-electron chi connectivity index (χ3n) is 5.95. The summed E-state index contributed by atoms with van der Waals surface area (Å²) < 4.78 is 16.2. The first kappa shape index (κ1) is 22.9. The normalized spacial score (nSPS) is 15.8. The molecule has 31 heavy (non-hydrogen) atoms.